The molecule has 2 aliphatic heterocycles. The summed E-state index contributed by atoms with van der Waals surface area (Å²) in [5, 5.41) is 0. The number of carbonyl (C=O) groups is 2. The van der Waals surface area contributed by atoms with Gasteiger partial charge in [0.1, 0.15) is 0 Å². The van der Waals surface area contributed by atoms with E-state index < -0.39 is 0 Å². The summed E-state index contributed by atoms with van der Waals surface area (Å²) >= 11 is 0. The van der Waals surface area contributed by atoms with Crippen LogP contribution in [0, 0.1) is 25.7 Å². The minimum Gasteiger partial charge on any atom is -0.338 e. The van der Waals surface area contributed by atoms with Gasteiger partial charge in [-0.25, -0.2) is 0 Å². The van der Waals surface area contributed by atoms with Crippen molar-refractivity contribution >= 4 is 11.8 Å². The molecule has 0 radical (unpaired) electrons. The van der Waals surface area contributed by atoms with Gasteiger partial charge in [0.05, 0.1) is 11.3 Å². The molecular formula is C29H38N4O2. The van der Waals surface area contributed by atoms with Crippen LogP contribution in [0.25, 0.3) is 0 Å². The Morgan fingerprint density at radius 1 is 1.00 bits per heavy atom. The van der Waals surface area contributed by atoms with E-state index in [0.29, 0.717) is 24.4 Å². The number of hydrogen-bond acceptors (Lipinski definition) is 4. The van der Waals surface area contributed by atoms with Gasteiger partial charge in [0.2, 0.25) is 5.91 Å². The summed E-state index contributed by atoms with van der Waals surface area (Å²) in [5.74, 6) is 1.09. The van der Waals surface area contributed by atoms with Crippen LogP contribution in [-0.4, -0.2) is 69.8 Å². The van der Waals surface area contributed by atoms with Crippen LogP contribution in [0.3, 0.4) is 0 Å². The Bertz CT molecular complexity index is 1050. The van der Waals surface area contributed by atoms with Gasteiger partial charge in [0.25, 0.3) is 5.91 Å². The highest BCUT2D eigenvalue weighted by atomic mass is 16.2. The predicted octanol–water partition coefficient (Wildman–Crippen LogP) is 4.06. The summed E-state index contributed by atoms with van der Waals surface area (Å²) in [6.45, 7) is 10.4. The summed E-state index contributed by atoms with van der Waals surface area (Å²) in [4.78, 5) is 37.6. The Morgan fingerprint density at radius 3 is 2.46 bits per heavy atom. The van der Waals surface area contributed by atoms with Crippen molar-refractivity contribution in [1.29, 1.82) is 0 Å². The van der Waals surface area contributed by atoms with Gasteiger partial charge in [-0.05, 0) is 62.6 Å². The van der Waals surface area contributed by atoms with Crippen molar-refractivity contribution in [1.82, 2.24) is 19.7 Å². The maximum atomic E-state index is 13.3. The maximum absolute atomic E-state index is 13.3. The molecule has 0 spiro atoms. The van der Waals surface area contributed by atoms with Gasteiger partial charge in [-0.15, -0.1) is 0 Å². The van der Waals surface area contributed by atoms with Gasteiger partial charge in [-0.1, -0.05) is 37.3 Å². The number of carbonyl (C=O) groups excluding carboxylic acids is 2. The summed E-state index contributed by atoms with van der Waals surface area (Å²) in [6.07, 6.45) is 5.87. The van der Waals surface area contributed by atoms with Crippen LogP contribution in [0.1, 0.15) is 59.8 Å². The lowest BCUT2D eigenvalue weighted by molar-refractivity contribution is -0.135. The van der Waals surface area contributed by atoms with Crippen molar-refractivity contribution in [3.63, 3.8) is 0 Å². The average molecular weight is 475 g/mol. The molecule has 35 heavy (non-hydrogen) atoms. The summed E-state index contributed by atoms with van der Waals surface area (Å²) in [6, 6.07) is 13.0. The largest absolute Gasteiger partial charge is 0.338 e. The fourth-order valence-corrected chi connectivity index (χ4v) is 6.09. The lowest BCUT2D eigenvalue weighted by Crippen LogP contribution is -2.52. The number of amides is 2. The van der Waals surface area contributed by atoms with E-state index in [1.54, 1.807) is 6.20 Å². The number of aromatic nitrogens is 1. The third kappa shape index (κ3) is 5.13. The smallest absolute Gasteiger partial charge is 0.255 e. The topological polar surface area (TPSA) is 56.8 Å². The number of pyridine rings is 1. The Hall–Kier alpha value is -2.73. The Labute approximate surface area is 209 Å². The zero-order valence-corrected chi connectivity index (χ0v) is 21.3. The van der Waals surface area contributed by atoms with Crippen LogP contribution in [0.5, 0.6) is 0 Å². The number of rotatable bonds is 6. The summed E-state index contributed by atoms with van der Waals surface area (Å²) in [5.41, 5.74) is 3.78. The molecule has 0 N–H and O–H groups in total. The lowest BCUT2D eigenvalue weighted by atomic mass is 9.91. The highest BCUT2D eigenvalue weighted by Gasteiger charge is 2.41. The molecule has 1 aromatic heterocycles. The monoisotopic (exact) mass is 474 g/mol. The van der Waals surface area contributed by atoms with Crippen LogP contribution >= 0.6 is 0 Å². The second kappa shape index (κ2) is 10.1. The van der Waals surface area contributed by atoms with Crippen LogP contribution in [0.4, 0.5) is 0 Å². The fourth-order valence-electron chi connectivity index (χ4n) is 6.09. The van der Waals surface area contributed by atoms with E-state index in [0.717, 1.165) is 68.7 Å². The molecule has 3 atom stereocenters. The predicted molar refractivity (Wildman–Crippen MR) is 137 cm³/mol. The maximum Gasteiger partial charge on any atom is 0.255 e. The SMILES string of the molecule is Cc1ccnc(C)c1C(=O)N1CCC(N2CCC(N(Cc3ccccc3)C(=O)C3CC3)C2)C(C)C1. The van der Waals surface area contributed by atoms with Crippen LogP contribution in [0.15, 0.2) is 42.6 Å². The molecule has 1 aliphatic carbocycles. The first kappa shape index (κ1) is 24.0. The number of aryl methyl sites for hydroxylation is 2. The second-order valence-corrected chi connectivity index (χ2v) is 10.8. The molecule has 0 bridgehead atoms. The van der Waals surface area contributed by atoms with Gasteiger partial charge < -0.3 is 9.80 Å². The van der Waals surface area contributed by atoms with E-state index in [4.69, 9.17) is 0 Å². The molecule has 5 rings (SSSR count). The van der Waals surface area contributed by atoms with Gasteiger partial charge in [-0.2, -0.15) is 0 Å². The summed E-state index contributed by atoms with van der Waals surface area (Å²) in [7, 11) is 0. The van der Waals surface area contributed by atoms with Crippen molar-refractivity contribution in [3.8, 4) is 0 Å². The second-order valence-electron chi connectivity index (χ2n) is 10.8. The van der Waals surface area contributed by atoms with Gasteiger partial charge >= 0.3 is 0 Å². The number of hydrogen-bond donors (Lipinski definition) is 0. The number of piperidine rings is 1. The molecule has 1 aromatic carbocycles. The first-order valence-electron chi connectivity index (χ1n) is 13.2. The first-order valence-corrected chi connectivity index (χ1v) is 13.2. The minimum atomic E-state index is 0.113. The minimum absolute atomic E-state index is 0.113. The van der Waals surface area contributed by atoms with Gasteiger partial charge in [0.15, 0.2) is 0 Å². The first-order chi connectivity index (χ1) is 16.9. The van der Waals surface area contributed by atoms with E-state index >= 15 is 0 Å². The fraction of sp³-hybridized carbons (Fsp3) is 0.552. The normalized spacial score (nSPS) is 25.0. The van der Waals surface area contributed by atoms with E-state index in [2.05, 4.69) is 46.0 Å². The highest BCUT2D eigenvalue weighted by molar-refractivity contribution is 5.96. The van der Waals surface area contributed by atoms with Crippen LogP contribution < -0.4 is 0 Å². The average Bonchev–Trinajstić information content (AvgIpc) is 3.60. The molecule has 3 aliphatic rings. The highest BCUT2D eigenvalue weighted by Crippen LogP contribution is 2.35. The quantitative estimate of drug-likeness (QED) is 0.634. The van der Waals surface area contributed by atoms with Gasteiger partial charge in [-0.3, -0.25) is 19.5 Å². The van der Waals surface area contributed by atoms with Gasteiger partial charge in [0, 0.05) is 56.9 Å². The molecule has 2 aromatic rings. The molecule has 6 heteroatoms. The molecule has 3 fully saturated rings. The van der Waals surface area contributed by atoms with Crippen molar-refractivity contribution in [2.45, 2.75) is 65.1 Å². The number of benzene rings is 1. The summed E-state index contributed by atoms with van der Waals surface area (Å²) < 4.78 is 0. The van der Waals surface area contributed by atoms with Crippen molar-refractivity contribution in [2.75, 3.05) is 26.2 Å². The Kier molecular flexibility index (Phi) is 6.92. The molecule has 2 saturated heterocycles. The van der Waals surface area contributed by atoms with E-state index in [9.17, 15) is 9.59 Å². The van der Waals surface area contributed by atoms with Crippen molar-refractivity contribution in [3.05, 3.63) is 65.0 Å². The van der Waals surface area contributed by atoms with E-state index in [-0.39, 0.29) is 17.9 Å². The molecule has 3 unspecified atom stereocenters. The number of nitrogens with zero attached hydrogens (tertiary/aromatic N) is 4. The standard InChI is InChI=1S/C29H38N4O2/c1-20-11-14-30-22(3)27(20)29(35)32-16-13-26(21(2)17-32)31-15-12-25(19-31)33(28(34)24-9-10-24)18-23-7-5-4-6-8-23/h4-8,11,14,21,24-26H,9-10,12-13,15-19H2,1-3H3. The van der Waals surface area contributed by atoms with Crippen LogP contribution in [0.2, 0.25) is 0 Å². The van der Waals surface area contributed by atoms with E-state index in [1.807, 2.05) is 30.9 Å². The van der Waals surface area contributed by atoms with Crippen LogP contribution in [-0.2, 0) is 11.3 Å². The Morgan fingerprint density at radius 2 is 1.77 bits per heavy atom. The zero-order chi connectivity index (χ0) is 24.5. The van der Waals surface area contributed by atoms with E-state index in [1.165, 1.54) is 5.56 Å². The molecule has 2 amide bonds. The molecular weight excluding hydrogens is 436 g/mol. The van der Waals surface area contributed by atoms with Crippen molar-refractivity contribution in [2.24, 2.45) is 11.8 Å². The van der Waals surface area contributed by atoms with Crippen molar-refractivity contribution < 1.29 is 9.59 Å². The number of likely N-dealkylation sites (tertiary alicyclic amines) is 2. The molecule has 6 nitrogen and oxygen atoms in total. The molecule has 1 saturated carbocycles. The zero-order valence-electron chi connectivity index (χ0n) is 21.3. The Balaban J connectivity index is 1.23. The third-order valence-electron chi connectivity index (χ3n) is 8.22. The molecule has 186 valence electrons. The third-order valence-corrected chi connectivity index (χ3v) is 8.22. The molecule has 3 heterocycles. The lowest BCUT2D eigenvalue weighted by Gasteiger charge is -2.42.